The lowest BCUT2D eigenvalue weighted by atomic mass is 10.0. The normalized spacial score (nSPS) is 12.9. The highest BCUT2D eigenvalue weighted by molar-refractivity contribution is 5.37. The molecule has 0 spiro atoms. The van der Waals surface area contributed by atoms with E-state index < -0.39 is 13.0 Å². The van der Waals surface area contributed by atoms with Gasteiger partial charge in [0, 0.05) is 18.2 Å². The molecule has 0 bridgehead atoms. The molecule has 0 aromatic heterocycles. The molecule has 0 saturated carbocycles. The lowest BCUT2D eigenvalue weighted by Crippen LogP contribution is -2.24. The van der Waals surface area contributed by atoms with Crippen LogP contribution in [0, 0.1) is 6.92 Å². The Morgan fingerprint density at radius 2 is 2.11 bits per heavy atom. The van der Waals surface area contributed by atoms with Gasteiger partial charge < -0.3 is 15.2 Å². The maximum atomic E-state index is 11.8. The molecule has 1 aromatic rings. The highest BCUT2D eigenvalue weighted by Crippen LogP contribution is 2.24. The third-order valence-electron chi connectivity index (χ3n) is 2.59. The van der Waals surface area contributed by atoms with Crippen molar-refractivity contribution in [1.29, 1.82) is 0 Å². The van der Waals surface area contributed by atoms with Crippen molar-refractivity contribution >= 4 is 0 Å². The number of aromatic hydroxyl groups is 1. The van der Waals surface area contributed by atoms with Gasteiger partial charge in [0.25, 0.3) is 6.43 Å². The van der Waals surface area contributed by atoms with E-state index in [4.69, 9.17) is 4.74 Å². The van der Waals surface area contributed by atoms with E-state index in [1.807, 2.05) is 26.0 Å². The van der Waals surface area contributed by atoms with Crippen LogP contribution >= 0.6 is 0 Å². The van der Waals surface area contributed by atoms with E-state index >= 15 is 0 Å². The standard InChI is InChI=1S/C13H19F2NO2/c1-9-3-4-12(17)11(7-9)10(2)16-5-6-18-8-13(14)15/h3-4,7,10,13,16-17H,5-6,8H2,1-2H3. The van der Waals surface area contributed by atoms with Crippen molar-refractivity contribution in [3.05, 3.63) is 29.3 Å². The van der Waals surface area contributed by atoms with Gasteiger partial charge in [-0.15, -0.1) is 0 Å². The van der Waals surface area contributed by atoms with Crippen molar-refractivity contribution in [3.63, 3.8) is 0 Å². The molecule has 1 unspecified atom stereocenters. The van der Waals surface area contributed by atoms with Crippen molar-refractivity contribution in [2.45, 2.75) is 26.3 Å². The molecule has 102 valence electrons. The summed E-state index contributed by atoms with van der Waals surface area (Å²) in [6.45, 7) is 4.00. The van der Waals surface area contributed by atoms with Crippen molar-refractivity contribution in [1.82, 2.24) is 5.32 Å². The smallest absolute Gasteiger partial charge is 0.261 e. The lowest BCUT2D eigenvalue weighted by Gasteiger charge is -2.16. The monoisotopic (exact) mass is 259 g/mol. The van der Waals surface area contributed by atoms with Crippen LogP contribution in [-0.2, 0) is 4.74 Å². The summed E-state index contributed by atoms with van der Waals surface area (Å²) >= 11 is 0. The minimum Gasteiger partial charge on any atom is -0.508 e. The van der Waals surface area contributed by atoms with Crippen molar-refractivity contribution in [2.24, 2.45) is 0 Å². The number of nitrogens with one attached hydrogen (secondary N) is 1. The molecule has 3 nitrogen and oxygen atoms in total. The molecule has 5 heteroatoms. The quantitative estimate of drug-likeness (QED) is 0.740. The third kappa shape index (κ3) is 4.98. The van der Waals surface area contributed by atoms with Gasteiger partial charge in [0.2, 0.25) is 0 Å². The summed E-state index contributed by atoms with van der Waals surface area (Å²) in [5.74, 6) is 0.231. The molecular weight excluding hydrogens is 240 g/mol. The van der Waals surface area contributed by atoms with Gasteiger partial charge in [-0.2, -0.15) is 0 Å². The number of benzene rings is 1. The molecule has 0 amide bonds. The Morgan fingerprint density at radius 3 is 2.78 bits per heavy atom. The molecule has 0 radical (unpaired) electrons. The molecule has 2 N–H and O–H groups in total. The Labute approximate surface area is 106 Å². The lowest BCUT2D eigenvalue weighted by molar-refractivity contribution is 0.0183. The van der Waals surface area contributed by atoms with Crippen molar-refractivity contribution < 1.29 is 18.6 Å². The Bertz CT molecular complexity index is 372. The number of aryl methyl sites for hydroxylation is 1. The summed E-state index contributed by atoms with van der Waals surface area (Å²) < 4.78 is 28.4. The van der Waals surface area contributed by atoms with Crippen LogP contribution < -0.4 is 5.32 Å². The number of phenols is 1. The van der Waals surface area contributed by atoms with Crippen LogP contribution in [-0.4, -0.2) is 31.3 Å². The molecule has 0 saturated heterocycles. The average molecular weight is 259 g/mol. The molecule has 1 aromatic carbocycles. The Morgan fingerprint density at radius 1 is 1.39 bits per heavy atom. The Hall–Kier alpha value is -1.20. The second kappa shape index (κ2) is 7.28. The van der Waals surface area contributed by atoms with E-state index in [2.05, 4.69) is 5.32 Å². The zero-order chi connectivity index (χ0) is 13.5. The molecule has 0 aliphatic carbocycles. The SMILES string of the molecule is Cc1ccc(O)c(C(C)NCCOCC(F)F)c1. The second-order valence-electron chi connectivity index (χ2n) is 4.20. The summed E-state index contributed by atoms with van der Waals surface area (Å²) in [5.41, 5.74) is 1.86. The summed E-state index contributed by atoms with van der Waals surface area (Å²) in [5, 5.41) is 12.8. The van der Waals surface area contributed by atoms with Gasteiger partial charge in [0.1, 0.15) is 12.4 Å². The third-order valence-corrected chi connectivity index (χ3v) is 2.59. The number of phenolic OH excluding ortho intramolecular Hbond substituents is 1. The Kier molecular flexibility index (Phi) is 6.01. The van der Waals surface area contributed by atoms with Crippen LogP contribution in [0.5, 0.6) is 5.75 Å². The van der Waals surface area contributed by atoms with Crippen LogP contribution in [0.3, 0.4) is 0 Å². The fraction of sp³-hybridized carbons (Fsp3) is 0.538. The number of halogens is 2. The predicted octanol–water partition coefficient (Wildman–Crippen LogP) is 2.63. The fourth-order valence-electron chi connectivity index (χ4n) is 1.65. The maximum absolute atomic E-state index is 11.8. The first kappa shape index (κ1) is 14.9. The van der Waals surface area contributed by atoms with Crippen molar-refractivity contribution in [3.8, 4) is 5.75 Å². The summed E-state index contributed by atoms with van der Waals surface area (Å²) in [4.78, 5) is 0. The number of hydrogen-bond donors (Lipinski definition) is 2. The van der Waals surface area contributed by atoms with Crippen LogP contribution in [0.25, 0.3) is 0 Å². The van der Waals surface area contributed by atoms with Gasteiger partial charge in [-0.05, 0) is 19.9 Å². The molecule has 18 heavy (non-hydrogen) atoms. The summed E-state index contributed by atoms with van der Waals surface area (Å²) in [7, 11) is 0. The van der Waals surface area contributed by atoms with Gasteiger partial charge in [0.15, 0.2) is 0 Å². The van der Waals surface area contributed by atoms with Gasteiger partial charge in [-0.3, -0.25) is 0 Å². The van der Waals surface area contributed by atoms with Crippen LogP contribution in [0.2, 0.25) is 0 Å². The predicted molar refractivity (Wildman–Crippen MR) is 66.1 cm³/mol. The molecule has 1 rings (SSSR count). The molecule has 1 atom stereocenters. The van der Waals surface area contributed by atoms with Crippen LogP contribution in [0.4, 0.5) is 8.78 Å². The van der Waals surface area contributed by atoms with Crippen molar-refractivity contribution in [2.75, 3.05) is 19.8 Å². The molecule has 0 heterocycles. The minimum absolute atomic E-state index is 0.0555. The fourth-order valence-corrected chi connectivity index (χ4v) is 1.65. The maximum Gasteiger partial charge on any atom is 0.261 e. The zero-order valence-corrected chi connectivity index (χ0v) is 10.6. The van der Waals surface area contributed by atoms with Crippen LogP contribution in [0.1, 0.15) is 24.1 Å². The van der Waals surface area contributed by atoms with E-state index in [0.29, 0.717) is 6.54 Å². The van der Waals surface area contributed by atoms with Gasteiger partial charge >= 0.3 is 0 Å². The van der Waals surface area contributed by atoms with E-state index in [0.717, 1.165) is 11.1 Å². The van der Waals surface area contributed by atoms with Gasteiger partial charge in [-0.1, -0.05) is 17.7 Å². The molecular formula is C13H19F2NO2. The van der Waals surface area contributed by atoms with E-state index in [-0.39, 0.29) is 18.4 Å². The topological polar surface area (TPSA) is 41.5 Å². The molecule has 0 fully saturated rings. The molecule has 0 aliphatic rings. The number of ether oxygens (including phenoxy) is 1. The van der Waals surface area contributed by atoms with Gasteiger partial charge in [0.05, 0.1) is 6.61 Å². The van der Waals surface area contributed by atoms with Crippen LogP contribution in [0.15, 0.2) is 18.2 Å². The largest absolute Gasteiger partial charge is 0.508 e. The summed E-state index contributed by atoms with van der Waals surface area (Å²) in [6, 6.07) is 5.32. The first-order valence-corrected chi connectivity index (χ1v) is 5.89. The highest BCUT2D eigenvalue weighted by Gasteiger charge is 2.09. The van der Waals surface area contributed by atoms with E-state index in [1.165, 1.54) is 0 Å². The number of hydrogen-bond acceptors (Lipinski definition) is 3. The molecule has 0 aliphatic heterocycles. The minimum atomic E-state index is -2.43. The first-order chi connectivity index (χ1) is 8.50. The average Bonchev–Trinajstić information content (AvgIpc) is 2.31. The summed E-state index contributed by atoms with van der Waals surface area (Å²) in [6.07, 6.45) is -2.43. The van der Waals surface area contributed by atoms with E-state index in [1.54, 1.807) is 6.07 Å². The van der Waals surface area contributed by atoms with Gasteiger partial charge in [-0.25, -0.2) is 8.78 Å². The first-order valence-electron chi connectivity index (χ1n) is 5.89. The zero-order valence-electron chi connectivity index (χ0n) is 10.6. The highest BCUT2D eigenvalue weighted by atomic mass is 19.3. The number of rotatable bonds is 7. The Balaban J connectivity index is 2.36. The van der Waals surface area contributed by atoms with E-state index in [9.17, 15) is 13.9 Å². The second-order valence-corrected chi connectivity index (χ2v) is 4.20. The number of alkyl halides is 2.